The zero-order valence-electron chi connectivity index (χ0n) is 10.8. The molecule has 7 heteroatoms. The Labute approximate surface area is 122 Å². The minimum absolute atomic E-state index is 0.0957. The molecule has 0 aliphatic heterocycles. The fourth-order valence-electron chi connectivity index (χ4n) is 2.31. The summed E-state index contributed by atoms with van der Waals surface area (Å²) in [4.78, 5) is 4.01. The molecule has 0 bridgehead atoms. The van der Waals surface area contributed by atoms with Crippen molar-refractivity contribution in [2.24, 2.45) is 0 Å². The fraction of sp³-hybridized carbons (Fsp3) is 0.583. The average Bonchev–Trinajstić information content (AvgIpc) is 2.38. The van der Waals surface area contributed by atoms with Crippen molar-refractivity contribution < 1.29 is 8.42 Å². The number of anilines is 1. The van der Waals surface area contributed by atoms with E-state index in [-0.39, 0.29) is 6.04 Å². The van der Waals surface area contributed by atoms with Gasteiger partial charge in [0.2, 0.25) is 0 Å². The molecule has 0 amide bonds. The van der Waals surface area contributed by atoms with Crippen molar-refractivity contribution in [1.82, 2.24) is 9.29 Å². The van der Waals surface area contributed by atoms with Crippen LogP contribution in [0.1, 0.15) is 32.1 Å². The van der Waals surface area contributed by atoms with Gasteiger partial charge in [-0.15, -0.1) is 0 Å². The van der Waals surface area contributed by atoms with E-state index in [1.165, 1.54) is 10.7 Å². The highest BCUT2D eigenvalue weighted by Crippen LogP contribution is 2.24. The maximum absolute atomic E-state index is 12.3. The van der Waals surface area contributed by atoms with Crippen molar-refractivity contribution in [3.05, 3.63) is 22.8 Å². The third kappa shape index (κ3) is 3.90. The van der Waals surface area contributed by atoms with Gasteiger partial charge >= 0.3 is 10.2 Å². The SMILES string of the molecule is CN(C1CCCCC1)S(=O)(=O)Nc1cc(Br)ccn1. The molecule has 0 saturated heterocycles. The van der Waals surface area contributed by atoms with Crippen LogP contribution in [0.5, 0.6) is 0 Å². The van der Waals surface area contributed by atoms with E-state index in [4.69, 9.17) is 0 Å². The van der Waals surface area contributed by atoms with E-state index < -0.39 is 10.2 Å². The second kappa shape index (κ2) is 6.19. The fourth-order valence-corrected chi connectivity index (χ4v) is 3.76. The number of aromatic nitrogens is 1. The van der Waals surface area contributed by atoms with Crippen molar-refractivity contribution in [2.75, 3.05) is 11.8 Å². The molecule has 1 aliphatic rings. The number of pyridine rings is 1. The maximum atomic E-state index is 12.3. The van der Waals surface area contributed by atoms with Gasteiger partial charge < -0.3 is 0 Å². The highest BCUT2D eigenvalue weighted by atomic mass is 79.9. The topological polar surface area (TPSA) is 62.3 Å². The molecule has 0 aromatic carbocycles. The van der Waals surface area contributed by atoms with Crippen molar-refractivity contribution in [2.45, 2.75) is 38.1 Å². The third-order valence-corrected chi connectivity index (χ3v) is 5.44. The predicted molar refractivity (Wildman–Crippen MR) is 79.1 cm³/mol. The smallest absolute Gasteiger partial charge is 0.254 e. The molecule has 0 unspecified atom stereocenters. The van der Waals surface area contributed by atoms with Crippen LogP contribution in [0.2, 0.25) is 0 Å². The van der Waals surface area contributed by atoms with Gasteiger partial charge in [-0.2, -0.15) is 12.7 Å². The molecule has 0 radical (unpaired) electrons. The Balaban J connectivity index is 2.08. The summed E-state index contributed by atoms with van der Waals surface area (Å²) in [6.45, 7) is 0. The van der Waals surface area contributed by atoms with Gasteiger partial charge in [-0.1, -0.05) is 35.2 Å². The van der Waals surface area contributed by atoms with Crippen LogP contribution in [0.15, 0.2) is 22.8 Å². The lowest BCUT2D eigenvalue weighted by molar-refractivity contribution is 0.287. The van der Waals surface area contributed by atoms with E-state index in [9.17, 15) is 8.42 Å². The van der Waals surface area contributed by atoms with Crippen molar-refractivity contribution in [3.63, 3.8) is 0 Å². The molecule has 1 N–H and O–H groups in total. The van der Waals surface area contributed by atoms with Gasteiger partial charge in [0, 0.05) is 23.8 Å². The number of nitrogens with one attached hydrogen (secondary N) is 1. The van der Waals surface area contributed by atoms with Crippen LogP contribution in [0.4, 0.5) is 5.82 Å². The molecule has 1 aromatic rings. The van der Waals surface area contributed by atoms with E-state index in [0.29, 0.717) is 5.82 Å². The Morgan fingerprint density at radius 3 is 2.68 bits per heavy atom. The summed E-state index contributed by atoms with van der Waals surface area (Å²) in [7, 11) is -1.89. The van der Waals surface area contributed by atoms with Gasteiger partial charge in [-0.05, 0) is 25.0 Å². The Hall–Kier alpha value is -0.660. The summed E-state index contributed by atoms with van der Waals surface area (Å²) in [5, 5.41) is 0. The number of hydrogen-bond donors (Lipinski definition) is 1. The van der Waals surface area contributed by atoms with E-state index in [1.807, 2.05) is 0 Å². The van der Waals surface area contributed by atoms with Crippen LogP contribution in [-0.4, -0.2) is 30.8 Å². The third-order valence-electron chi connectivity index (χ3n) is 3.42. The average molecular weight is 348 g/mol. The van der Waals surface area contributed by atoms with E-state index >= 15 is 0 Å². The van der Waals surface area contributed by atoms with Crippen molar-refractivity contribution in [1.29, 1.82) is 0 Å². The normalized spacial score (nSPS) is 17.6. The number of hydrogen-bond acceptors (Lipinski definition) is 3. The first-order valence-electron chi connectivity index (χ1n) is 6.36. The van der Waals surface area contributed by atoms with Crippen LogP contribution in [0.3, 0.4) is 0 Å². The molecular weight excluding hydrogens is 330 g/mol. The Morgan fingerprint density at radius 1 is 1.37 bits per heavy atom. The molecule has 1 aliphatic carbocycles. The maximum Gasteiger partial charge on any atom is 0.302 e. The highest BCUT2D eigenvalue weighted by Gasteiger charge is 2.27. The first-order chi connectivity index (χ1) is 8.99. The molecular formula is C12H18BrN3O2S. The minimum atomic E-state index is -3.53. The quantitative estimate of drug-likeness (QED) is 0.910. The van der Waals surface area contributed by atoms with Crippen LogP contribution in [0, 0.1) is 0 Å². The summed E-state index contributed by atoms with van der Waals surface area (Å²) in [5.74, 6) is 0.331. The zero-order chi connectivity index (χ0) is 13.9. The summed E-state index contributed by atoms with van der Waals surface area (Å²) in [6.07, 6.45) is 6.82. The van der Waals surface area contributed by atoms with Crippen LogP contribution in [-0.2, 0) is 10.2 Å². The standard InChI is InChI=1S/C12H18BrN3O2S/c1-16(11-5-3-2-4-6-11)19(17,18)15-12-9-10(13)7-8-14-12/h7-9,11H,2-6H2,1H3,(H,14,15). The summed E-state index contributed by atoms with van der Waals surface area (Å²) in [6, 6.07) is 3.49. The first-order valence-corrected chi connectivity index (χ1v) is 8.60. The molecule has 0 atom stereocenters. The Morgan fingerprint density at radius 2 is 2.05 bits per heavy atom. The minimum Gasteiger partial charge on any atom is -0.254 e. The van der Waals surface area contributed by atoms with Crippen LogP contribution >= 0.6 is 15.9 Å². The number of halogens is 1. The van der Waals surface area contributed by atoms with E-state index in [2.05, 4.69) is 25.6 Å². The lowest BCUT2D eigenvalue weighted by Crippen LogP contribution is -2.41. The summed E-state index contributed by atoms with van der Waals surface area (Å²) >= 11 is 3.29. The number of rotatable bonds is 4. The van der Waals surface area contributed by atoms with Crippen LogP contribution < -0.4 is 4.72 Å². The van der Waals surface area contributed by atoms with Gasteiger partial charge in [-0.25, -0.2) is 4.98 Å². The molecule has 2 rings (SSSR count). The van der Waals surface area contributed by atoms with Gasteiger partial charge in [0.15, 0.2) is 0 Å². The van der Waals surface area contributed by atoms with Gasteiger partial charge in [-0.3, -0.25) is 4.72 Å². The monoisotopic (exact) mass is 347 g/mol. The van der Waals surface area contributed by atoms with Crippen molar-refractivity contribution >= 4 is 32.0 Å². The van der Waals surface area contributed by atoms with Gasteiger partial charge in [0.1, 0.15) is 5.82 Å². The molecule has 1 aromatic heterocycles. The number of nitrogens with zero attached hydrogens (tertiary/aromatic N) is 2. The molecule has 106 valence electrons. The lowest BCUT2D eigenvalue weighted by Gasteiger charge is -2.30. The Kier molecular flexibility index (Phi) is 4.81. The molecule has 5 nitrogen and oxygen atoms in total. The van der Waals surface area contributed by atoms with E-state index in [1.54, 1.807) is 25.4 Å². The van der Waals surface area contributed by atoms with Gasteiger partial charge in [0.05, 0.1) is 0 Å². The highest BCUT2D eigenvalue weighted by molar-refractivity contribution is 9.10. The summed E-state index contributed by atoms with van der Waals surface area (Å²) < 4.78 is 29.3. The molecule has 1 fully saturated rings. The second-order valence-corrected chi connectivity index (χ2v) is 7.42. The predicted octanol–water partition coefficient (Wildman–Crippen LogP) is 2.77. The first kappa shape index (κ1) is 14.7. The zero-order valence-corrected chi connectivity index (χ0v) is 13.2. The molecule has 1 saturated carbocycles. The second-order valence-electron chi connectivity index (χ2n) is 4.77. The Bertz CT molecular complexity index is 530. The molecule has 0 spiro atoms. The molecule has 19 heavy (non-hydrogen) atoms. The van der Waals surface area contributed by atoms with E-state index in [0.717, 1.165) is 30.2 Å². The summed E-state index contributed by atoms with van der Waals surface area (Å²) in [5.41, 5.74) is 0. The van der Waals surface area contributed by atoms with Crippen LogP contribution in [0.25, 0.3) is 0 Å². The van der Waals surface area contributed by atoms with Gasteiger partial charge in [0.25, 0.3) is 0 Å². The largest absolute Gasteiger partial charge is 0.302 e. The molecule has 1 heterocycles. The van der Waals surface area contributed by atoms with Crippen molar-refractivity contribution in [3.8, 4) is 0 Å². The lowest BCUT2D eigenvalue weighted by atomic mass is 9.96.